The second kappa shape index (κ2) is 9.85. The molecule has 0 N–H and O–H groups in total. The van der Waals surface area contributed by atoms with Gasteiger partial charge in [0.1, 0.15) is 0 Å². The van der Waals surface area contributed by atoms with E-state index in [4.69, 9.17) is 13.0 Å². The predicted molar refractivity (Wildman–Crippen MR) is 167 cm³/mol. The molecule has 7 heteroatoms. The van der Waals surface area contributed by atoms with E-state index in [1.807, 2.05) is 12.1 Å². The maximum Gasteiger partial charge on any atom is 0.627 e. The quantitative estimate of drug-likeness (QED) is 0.257. The van der Waals surface area contributed by atoms with Crippen molar-refractivity contribution in [2.24, 2.45) is 0 Å². The summed E-state index contributed by atoms with van der Waals surface area (Å²) in [7, 11) is -9.70. The summed E-state index contributed by atoms with van der Waals surface area (Å²) >= 11 is 0. The fourth-order valence-electron chi connectivity index (χ4n) is 6.39. The first-order valence-electron chi connectivity index (χ1n) is 13.2. The van der Waals surface area contributed by atoms with E-state index < -0.39 is 33.3 Å². The maximum absolute atomic E-state index is 7.43. The summed E-state index contributed by atoms with van der Waals surface area (Å²) in [6.07, 6.45) is 0. The van der Waals surface area contributed by atoms with Crippen LogP contribution in [-0.2, 0) is 17.3 Å². The lowest BCUT2D eigenvalue weighted by Gasteiger charge is -2.57. The van der Waals surface area contributed by atoms with Gasteiger partial charge in [-0.2, -0.15) is 0 Å². The third-order valence-electron chi connectivity index (χ3n) is 7.11. The van der Waals surface area contributed by atoms with Gasteiger partial charge in [0.05, 0.1) is 20.4 Å². The molecule has 0 saturated carbocycles. The third-order valence-corrected chi connectivity index (χ3v) is 28.7. The number of rotatable bonds is 8. The molecule has 0 atom stereocenters. The average molecular weight is 563 g/mol. The minimum atomic E-state index is -3.44. The summed E-state index contributed by atoms with van der Waals surface area (Å²) in [4.78, 5) is 0. The molecule has 0 aliphatic carbocycles. The topological polar surface area (TPSA) is 27.7 Å². The molecule has 3 aromatic rings. The Kier molecular flexibility index (Phi) is 7.42. The smallest absolute Gasteiger partial charge is 0.488 e. The first kappa shape index (κ1) is 27.9. The van der Waals surface area contributed by atoms with Crippen LogP contribution in [0.3, 0.4) is 0 Å². The highest BCUT2D eigenvalue weighted by molar-refractivity contribution is 7.12. The lowest BCUT2D eigenvalue weighted by Crippen LogP contribution is -2.80. The molecule has 0 amide bonds. The average Bonchev–Trinajstić information content (AvgIpc) is 3.18. The molecule has 0 spiro atoms. The van der Waals surface area contributed by atoms with E-state index in [-0.39, 0.29) is 4.28 Å². The minimum Gasteiger partial charge on any atom is -0.488 e. The van der Waals surface area contributed by atoms with Gasteiger partial charge in [-0.05, 0) is 25.2 Å². The molecule has 0 radical (unpaired) electrons. The Labute approximate surface area is 228 Å². The van der Waals surface area contributed by atoms with Crippen molar-refractivity contribution < 1.29 is 13.0 Å². The fourth-order valence-corrected chi connectivity index (χ4v) is 32.3. The van der Waals surface area contributed by atoms with Crippen molar-refractivity contribution in [3.8, 4) is 0 Å². The van der Waals surface area contributed by atoms with Gasteiger partial charge in [0, 0.05) is 11.1 Å². The van der Waals surface area contributed by atoms with Crippen LogP contribution in [0.2, 0.25) is 58.9 Å². The van der Waals surface area contributed by atoms with Crippen LogP contribution in [0.25, 0.3) is 11.5 Å². The zero-order chi connectivity index (χ0) is 27.1. The van der Waals surface area contributed by atoms with E-state index in [0.29, 0.717) is 0 Å². The van der Waals surface area contributed by atoms with Crippen LogP contribution in [0.4, 0.5) is 0 Å². The molecule has 1 heterocycles. The molecule has 196 valence electrons. The second-order valence-corrected chi connectivity index (χ2v) is 32.3. The molecule has 1 aliphatic rings. The van der Waals surface area contributed by atoms with Gasteiger partial charge in [-0.15, -0.1) is 0 Å². The molecular weight excluding hydrogens is 521 g/mol. The molecule has 3 nitrogen and oxygen atoms in total. The lowest BCUT2D eigenvalue weighted by molar-refractivity contribution is 0.241. The minimum absolute atomic E-state index is 0.287. The molecule has 0 saturated heterocycles. The van der Waals surface area contributed by atoms with E-state index in [9.17, 15) is 0 Å². The summed E-state index contributed by atoms with van der Waals surface area (Å²) < 4.78 is 22.0. The zero-order valence-corrected chi connectivity index (χ0v) is 27.9. The highest BCUT2D eigenvalue weighted by Gasteiger charge is 2.78. The van der Waals surface area contributed by atoms with Crippen molar-refractivity contribution in [2.75, 3.05) is 0 Å². The third kappa shape index (κ3) is 4.99. The standard InChI is InChI=1S/C30H42O3Si4/c1-34(2,3)30(35(4,5)6,27-23-17-12-18-24-27)37(33-36(7,8)9)31-28(25-19-13-10-14-20-25)29(32-37)26-21-15-11-16-22-26/h10-24H,1-9H3. The van der Waals surface area contributed by atoms with Crippen LogP contribution >= 0.6 is 0 Å². The zero-order valence-electron chi connectivity index (χ0n) is 23.9. The fraction of sp³-hybridized carbons (Fsp3) is 0.333. The normalized spacial score (nSPS) is 16.4. The van der Waals surface area contributed by atoms with E-state index in [1.165, 1.54) is 5.56 Å². The lowest BCUT2D eigenvalue weighted by atomic mass is 10.1. The van der Waals surface area contributed by atoms with Crippen molar-refractivity contribution in [2.45, 2.75) is 63.2 Å². The van der Waals surface area contributed by atoms with Crippen LogP contribution in [0.1, 0.15) is 16.7 Å². The molecule has 0 bridgehead atoms. The molecule has 37 heavy (non-hydrogen) atoms. The van der Waals surface area contributed by atoms with E-state index >= 15 is 0 Å². The molecule has 1 aliphatic heterocycles. The van der Waals surface area contributed by atoms with Crippen molar-refractivity contribution >= 4 is 44.8 Å². The molecule has 0 unspecified atom stereocenters. The van der Waals surface area contributed by atoms with Crippen LogP contribution in [0, 0.1) is 0 Å². The van der Waals surface area contributed by atoms with Crippen molar-refractivity contribution in [3.63, 3.8) is 0 Å². The molecule has 3 aromatic carbocycles. The molecule has 0 fully saturated rings. The van der Waals surface area contributed by atoms with Gasteiger partial charge in [-0.1, -0.05) is 130 Å². The maximum atomic E-state index is 7.43. The van der Waals surface area contributed by atoms with Gasteiger partial charge < -0.3 is 13.0 Å². The highest BCUT2D eigenvalue weighted by atomic mass is 28.5. The van der Waals surface area contributed by atoms with E-state index in [1.54, 1.807) is 0 Å². The van der Waals surface area contributed by atoms with Crippen molar-refractivity contribution in [1.29, 1.82) is 0 Å². The van der Waals surface area contributed by atoms with Crippen molar-refractivity contribution in [3.05, 3.63) is 108 Å². The summed E-state index contributed by atoms with van der Waals surface area (Å²) in [5.41, 5.74) is 3.38. The summed E-state index contributed by atoms with van der Waals surface area (Å²) in [6, 6.07) is 31.9. The van der Waals surface area contributed by atoms with Gasteiger partial charge in [0.2, 0.25) is 0 Å². The summed E-state index contributed by atoms with van der Waals surface area (Å²) in [6.45, 7) is 21.7. The molecular formula is C30H42O3Si4. The van der Waals surface area contributed by atoms with Gasteiger partial charge >= 0.3 is 8.80 Å². The number of hydrogen-bond donors (Lipinski definition) is 0. The van der Waals surface area contributed by atoms with Crippen LogP contribution in [0.5, 0.6) is 0 Å². The van der Waals surface area contributed by atoms with Crippen LogP contribution < -0.4 is 0 Å². The van der Waals surface area contributed by atoms with Gasteiger partial charge in [-0.25, -0.2) is 0 Å². The van der Waals surface area contributed by atoms with Crippen LogP contribution in [0.15, 0.2) is 91.0 Å². The largest absolute Gasteiger partial charge is 0.627 e. The summed E-state index contributed by atoms with van der Waals surface area (Å²) in [5, 5.41) is 0. The Bertz CT molecular complexity index is 1170. The van der Waals surface area contributed by atoms with Crippen LogP contribution in [-0.4, -0.2) is 33.3 Å². The predicted octanol–water partition coefficient (Wildman–Crippen LogP) is 8.58. The Morgan fingerprint density at radius 2 is 0.892 bits per heavy atom. The van der Waals surface area contributed by atoms with Crippen molar-refractivity contribution in [1.82, 2.24) is 0 Å². The van der Waals surface area contributed by atoms with E-state index in [2.05, 4.69) is 138 Å². The number of hydrogen-bond acceptors (Lipinski definition) is 3. The first-order valence-corrected chi connectivity index (χ1v) is 25.3. The van der Waals surface area contributed by atoms with Gasteiger partial charge in [-0.3, -0.25) is 0 Å². The monoisotopic (exact) mass is 562 g/mol. The Hall–Kier alpha value is -2.17. The Morgan fingerprint density at radius 3 is 1.22 bits per heavy atom. The highest BCUT2D eigenvalue weighted by Crippen LogP contribution is 2.56. The molecule has 4 rings (SSSR count). The molecule has 0 aromatic heterocycles. The van der Waals surface area contributed by atoms with Gasteiger partial charge in [0.25, 0.3) is 0 Å². The second-order valence-electron chi connectivity index (χ2n) is 13.0. The summed E-state index contributed by atoms with van der Waals surface area (Å²) in [5.74, 6) is 1.63. The Morgan fingerprint density at radius 1 is 0.541 bits per heavy atom. The Balaban J connectivity index is 2.09. The SMILES string of the molecule is C[Si](C)(C)O[Si]1(C(c2ccccc2)([Si](C)(C)C)[Si](C)(C)C)OC(c2ccccc2)=C(c2ccccc2)O1. The first-order chi connectivity index (χ1) is 17.2. The van der Waals surface area contributed by atoms with E-state index in [0.717, 1.165) is 22.6 Å². The van der Waals surface area contributed by atoms with Gasteiger partial charge in [0.15, 0.2) is 19.8 Å². The number of benzene rings is 3.